The molecule has 0 aromatic carbocycles. The summed E-state index contributed by atoms with van der Waals surface area (Å²) >= 11 is 0. The van der Waals surface area contributed by atoms with Crippen LogP contribution in [-0.2, 0) is 9.59 Å². The van der Waals surface area contributed by atoms with E-state index in [2.05, 4.69) is 0 Å². The van der Waals surface area contributed by atoms with Gasteiger partial charge in [0.05, 0.1) is 0 Å². The number of hydrogen-bond acceptors (Lipinski definition) is 3. The van der Waals surface area contributed by atoms with E-state index in [1.165, 1.54) is 0 Å². The zero-order valence-electron chi connectivity index (χ0n) is 8.69. The Morgan fingerprint density at radius 3 is 1.71 bits per heavy atom. The lowest BCUT2D eigenvalue weighted by Gasteiger charge is -1.98. The monoisotopic (exact) mass is 205 g/mol. The Labute approximate surface area is 83.9 Å². The fourth-order valence-corrected chi connectivity index (χ4v) is 0.565. The van der Waals surface area contributed by atoms with Gasteiger partial charge in [0.2, 0.25) is 0 Å². The first-order valence-electron chi connectivity index (χ1n) is 4.59. The molecule has 5 nitrogen and oxygen atoms in total. The van der Waals surface area contributed by atoms with Gasteiger partial charge >= 0.3 is 11.9 Å². The van der Waals surface area contributed by atoms with Crippen LogP contribution in [0.4, 0.5) is 0 Å². The molecule has 5 heteroatoms. The Morgan fingerprint density at radius 2 is 1.64 bits per heavy atom. The molecule has 0 aromatic heterocycles. The van der Waals surface area contributed by atoms with Crippen LogP contribution in [0.15, 0.2) is 0 Å². The minimum Gasteiger partial charge on any atom is -0.481 e. The van der Waals surface area contributed by atoms with E-state index in [1.807, 2.05) is 6.92 Å². The van der Waals surface area contributed by atoms with Gasteiger partial charge in [-0.1, -0.05) is 6.92 Å². The summed E-state index contributed by atoms with van der Waals surface area (Å²) < 4.78 is 0. The molecule has 0 bridgehead atoms. The van der Waals surface area contributed by atoms with Crippen molar-refractivity contribution in [2.75, 3.05) is 0 Å². The molecular weight excluding hydrogens is 186 g/mol. The Balaban J connectivity index is 0. The zero-order valence-corrected chi connectivity index (χ0v) is 8.69. The quantitative estimate of drug-likeness (QED) is 0.623. The van der Waals surface area contributed by atoms with Crippen molar-refractivity contribution in [2.24, 2.45) is 5.73 Å². The molecule has 0 spiro atoms. The third-order valence-corrected chi connectivity index (χ3v) is 1.28. The van der Waals surface area contributed by atoms with E-state index in [0.717, 1.165) is 6.42 Å². The average molecular weight is 205 g/mol. The molecular formula is C9H19NO4. The first-order valence-corrected chi connectivity index (χ1v) is 4.59. The van der Waals surface area contributed by atoms with E-state index in [1.54, 1.807) is 6.92 Å². The summed E-state index contributed by atoms with van der Waals surface area (Å²) in [6.45, 7) is 3.64. The zero-order chi connectivity index (χ0) is 11.6. The van der Waals surface area contributed by atoms with Crippen LogP contribution in [-0.4, -0.2) is 28.2 Å². The number of carboxylic acids is 2. The highest BCUT2D eigenvalue weighted by atomic mass is 16.4. The lowest BCUT2D eigenvalue weighted by Crippen LogP contribution is -2.15. The highest BCUT2D eigenvalue weighted by Crippen LogP contribution is 1.91. The van der Waals surface area contributed by atoms with E-state index in [0.29, 0.717) is 12.8 Å². The van der Waals surface area contributed by atoms with Crippen LogP contribution in [0.5, 0.6) is 0 Å². The summed E-state index contributed by atoms with van der Waals surface area (Å²) in [6.07, 6.45) is 1.77. The molecule has 0 aromatic rings. The molecule has 0 rings (SSSR count). The normalized spacial score (nSPS) is 11.1. The lowest BCUT2D eigenvalue weighted by molar-refractivity contribution is -0.138. The van der Waals surface area contributed by atoms with Gasteiger partial charge in [-0.15, -0.1) is 0 Å². The molecule has 0 aliphatic rings. The van der Waals surface area contributed by atoms with Crippen molar-refractivity contribution in [3.8, 4) is 0 Å². The van der Waals surface area contributed by atoms with Gasteiger partial charge in [0.1, 0.15) is 0 Å². The maximum Gasteiger partial charge on any atom is 0.303 e. The number of aliphatic carboxylic acids is 2. The minimum atomic E-state index is -0.776. The summed E-state index contributed by atoms with van der Waals surface area (Å²) in [5, 5.41) is 16.0. The van der Waals surface area contributed by atoms with Gasteiger partial charge in [-0.25, -0.2) is 0 Å². The molecule has 0 aliphatic heterocycles. The third kappa shape index (κ3) is 22.4. The van der Waals surface area contributed by atoms with Crippen LogP contribution in [0.25, 0.3) is 0 Å². The highest BCUT2D eigenvalue weighted by Gasteiger charge is 1.98. The standard InChI is InChI=1S/C5H11NO2.C4H8O2/c1-4(6)2-3-5(7)8;1-2-3-4(5)6/h4H,2-3,6H2,1H3,(H,7,8);2-3H2,1H3,(H,5,6). The van der Waals surface area contributed by atoms with Gasteiger partial charge in [0, 0.05) is 18.9 Å². The van der Waals surface area contributed by atoms with Gasteiger partial charge in [0.15, 0.2) is 0 Å². The Bertz CT molecular complexity index is 168. The van der Waals surface area contributed by atoms with Crippen molar-refractivity contribution in [2.45, 2.75) is 45.6 Å². The van der Waals surface area contributed by atoms with Crippen molar-refractivity contribution >= 4 is 11.9 Å². The van der Waals surface area contributed by atoms with E-state index in [-0.39, 0.29) is 12.5 Å². The topological polar surface area (TPSA) is 101 Å². The summed E-state index contributed by atoms with van der Waals surface area (Å²) in [5.41, 5.74) is 5.28. The second-order valence-electron chi connectivity index (χ2n) is 3.05. The second-order valence-corrected chi connectivity index (χ2v) is 3.05. The molecule has 0 saturated carbocycles. The summed E-state index contributed by atoms with van der Waals surface area (Å²) in [5.74, 6) is -1.49. The molecule has 1 atom stereocenters. The number of hydrogen-bond donors (Lipinski definition) is 3. The van der Waals surface area contributed by atoms with Gasteiger partial charge < -0.3 is 15.9 Å². The van der Waals surface area contributed by atoms with Gasteiger partial charge in [-0.2, -0.15) is 0 Å². The van der Waals surface area contributed by atoms with Crippen molar-refractivity contribution in [3.63, 3.8) is 0 Å². The maximum atomic E-state index is 9.85. The van der Waals surface area contributed by atoms with Crippen molar-refractivity contribution in [1.82, 2.24) is 0 Å². The van der Waals surface area contributed by atoms with Gasteiger partial charge in [-0.3, -0.25) is 9.59 Å². The molecule has 1 unspecified atom stereocenters. The molecule has 0 amide bonds. The average Bonchev–Trinajstić information content (AvgIpc) is 2.01. The fraction of sp³-hybridized carbons (Fsp3) is 0.778. The van der Waals surface area contributed by atoms with Gasteiger partial charge in [-0.05, 0) is 19.8 Å². The fourth-order valence-electron chi connectivity index (χ4n) is 0.565. The van der Waals surface area contributed by atoms with Gasteiger partial charge in [0.25, 0.3) is 0 Å². The number of carbonyl (C=O) groups is 2. The van der Waals surface area contributed by atoms with Crippen LogP contribution >= 0.6 is 0 Å². The van der Waals surface area contributed by atoms with Crippen LogP contribution in [0.2, 0.25) is 0 Å². The first kappa shape index (κ1) is 15.4. The van der Waals surface area contributed by atoms with Crippen LogP contribution < -0.4 is 5.73 Å². The Kier molecular flexibility index (Phi) is 11.0. The number of rotatable bonds is 5. The second kappa shape index (κ2) is 9.98. The van der Waals surface area contributed by atoms with Crippen molar-refractivity contribution in [1.29, 1.82) is 0 Å². The van der Waals surface area contributed by atoms with Crippen LogP contribution in [0.1, 0.15) is 39.5 Å². The molecule has 0 saturated heterocycles. The molecule has 0 radical (unpaired) electrons. The van der Waals surface area contributed by atoms with Crippen molar-refractivity contribution < 1.29 is 19.8 Å². The minimum absolute atomic E-state index is 0.00565. The molecule has 4 N–H and O–H groups in total. The molecule has 0 aliphatic carbocycles. The molecule has 84 valence electrons. The van der Waals surface area contributed by atoms with E-state index in [4.69, 9.17) is 15.9 Å². The van der Waals surface area contributed by atoms with E-state index >= 15 is 0 Å². The van der Waals surface area contributed by atoms with Crippen LogP contribution in [0, 0.1) is 0 Å². The molecule has 0 fully saturated rings. The number of carboxylic acid groups (broad SMARTS) is 2. The predicted octanol–water partition coefficient (Wildman–Crippen LogP) is 1.07. The number of nitrogens with two attached hydrogens (primary N) is 1. The van der Waals surface area contributed by atoms with Crippen LogP contribution in [0.3, 0.4) is 0 Å². The van der Waals surface area contributed by atoms with E-state index in [9.17, 15) is 9.59 Å². The van der Waals surface area contributed by atoms with E-state index < -0.39 is 11.9 Å². The van der Waals surface area contributed by atoms with Crippen molar-refractivity contribution in [3.05, 3.63) is 0 Å². The summed E-state index contributed by atoms with van der Waals surface area (Å²) in [4.78, 5) is 19.4. The maximum absolute atomic E-state index is 9.85. The first-order chi connectivity index (χ1) is 6.40. The highest BCUT2D eigenvalue weighted by molar-refractivity contribution is 5.66. The Hall–Kier alpha value is -1.10. The SMILES string of the molecule is CC(N)CCC(=O)O.CCCC(=O)O. The molecule has 14 heavy (non-hydrogen) atoms. The smallest absolute Gasteiger partial charge is 0.303 e. The molecule has 0 heterocycles. The lowest BCUT2D eigenvalue weighted by atomic mass is 10.2. The summed E-state index contributed by atoms with van der Waals surface area (Å²) in [6, 6.07) is 0.00565. The summed E-state index contributed by atoms with van der Waals surface area (Å²) in [7, 11) is 0. The third-order valence-electron chi connectivity index (χ3n) is 1.28. The predicted molar refractivity (Wildman–Crippen MR) is 53.1 cm³/mol. The largest absolute Gasteiger partial charge is 0.481 e. The Morgan fingerprint density at radius 1 is 1.21 bits per heavy atom.